The second kappa shape index (κ2) is 7.60. The molecule has 1 aliphatic rings. The molecule has 3 rings (SSSR count). The molecule has 0 amide bonds. The first-order chi connectivity index (χ1) is 11.3. The largest absolute Gasteiger partial charge is 0.385 e. The Kier molecular flexibility index (Phi) is 5.29. The van der Waals surface area contributed by atoms with E-state index in [4.69, 9.17) is 4.74 Å². The van der Waals surface area contributed by atoms with Crippen LogP contribution >= 0.6 is 0 Å². The van der Waals surface area contributed by atoms with E-state index in [0.717, 1.165) is 17.9 Å². The van der Waals surface area contributed by atoms with Crippen LogP contribution in [0.4, 0.5) is 0 Å². The molecule has 8 heteroatoms. The number of aromatic amines is 1. The molecule has 0 bridgehead atoms. The quantitative estimate of drug-likeness (QED) is 0.524. The van der Waals surface area contributed by atoms with Gasteiger partial charge < -0.3 is 20.5 Å². The van der Waals surface area contributed by atoms with Crippen molar-refractivity contribution in [3.63, 3.8) is 0 Å². The zero-order valence-electron chi connectivity index (χ0n) is 13.0. The molecule has 0 aromatic carbocycles. The maximum Gasteiger partial charge on any atom is 0.182 e. The summed E-state index contributed by atoms with van der Waals surface area (Å²) in [5, 5.41) is 24.0. The summed E-state index contributed by atoms with van der Waals surface area (Å²) in [6.07, 6.45) is 4.16. The normalized spacial score (nSPS) is 22.0. The Morgan fingerprint density at radius 1 is 1.43 bits per heavy atom. The topological polar surface area (TPSA) is 108 Å². The van der Waals surface area contributed by atoms with Gasteiger partial charge in [0, 0.05) is 50.6 Å². The number of pyridine rings is 1. The van der Waals surface area contributed by atoms with Crippen LogP contribution in [0.3, 0.4) is 0 Å². The third-order valence-electron chi connectivity index (χ3n) is 3.69. The van der Waals surface area contributed by atoms with Crippen molar-refractivity contribution in [3.8, 4) is 11.4 Å². The minimum absolute atomic E-state index is 0.348. The summed E-state index contributed by atoms with van der Waals surface area (Å²) in [5.74, 6) is 1.45. The molecule has 2 aromatic heterocycles. The molecule has 23 heavy (non-hydrogen) atoms. The van der Waals surface area contributed by atoms with Gasteiger partial charge in [0.2, 0.25) is 0 Å². The van der Waals surface area contributed by atoms with Crippen LogP contribution in [0.25, 0.3) is 11.4 Å². The molecule has 4 N–H and O–H groups in total. The Morgan fingerprint density at radius 2 is 2.39 bits per heavy atom. The minimum Gasteiger partial charge on any atom is -0.385 e. The highest BCUT2D eigenvalue weighted by atomic mass is 16.5. The molecule has 1 aliphatic heterocycles. The number of aromatic nitrogens is 4. The fourth-order valence-corrected chi connectivity index (χ4v) is 2.45. The number of rotatable bonds is 6. The van der Waals surface area contributed by atoms with E-state index in [2.05, 4.69) is 30.8 Å². The number of hydrogen-bond donors (Lipinski definition) is 4. The molecule has 1 saturated heterocycles. The smallest absolute Gasteiger partial charge is 0.182 e. The van der Waals surface area contributed by atoms with Gasteiger partial charge in [-0.25, -0.2) is 4.98 Å². The van der Waals surface area contributed by atoms with E-state index in [9.17, 15) is 5.11 Å². The van der Waals surface area contributed by atoms with Crippen molar-refractivity contribution in [3.05, 3.63) is 30.4 Å². The third-order valence-corrected chi connectivity index (χ3v) is 3.69. The highest BCUT2D eigenvalue weighted by molar-refractivity contribution is 5.52. The Labute approximate surface area is 134 Å². The predicted octanol–water partition coefficient (Wildman–Crippen LogP) is -0.650. The summed E-state index contributed by atoms with van der Waals surface area (Å²) < 4.78 is 5.39. The van der Waals surface area contributed by atoms with Gasteiger partial charge in [-0.2, -0.15) is 5.10 Å². The zero-order chi connectivity index (χ0) is 16.0. The van der Waals surface area contributed by atoms with Crippen LogP contribution in [0.2, 0.25) is 0 Å². The maximum atomic E-state index is 10.4. The van der Waals surface area contributed by atoms with Gasteiger partial charge in [-0.05, 0) is 12.1 Å². The molecule has 1 atom stereocenters. The van der Waals surface area contributed by atoms with E-state index < -0.39 is 5.60 Å². The van der Waals surface area contributed by atoms with Gasteiger partial charge in [0.15, 0.2) is 5.82 Å². The molecule has 0 saturated carbocycles. The lowest BCUT2D eigenvalue weighted by molar-refractivity contribution is -0.0260. The van der Waals surface area contributed by atoms with Gasteiger partial charge in [-0.1, -0.05) is 0 Å². The third kappa shape index (κ3) is 4.55. The molecular formula is C15H22N6O2. The molecule has 1 fully saturated rings. The number of β-amino-alcohol motifs (C(OH)–C–C–N with tert-alkyl or cyclic N) is 1. The Morgan fingerprint density at radius 3 is 3.26 bits per heavy atom. The molecule has 2 aromatic rings. The minimum atomic E-state index is -0.862. The SMILES string of the molecule is O[C@]1(CNCCc2nc(-c3cccnc3)n[nH]2)CNCCOC1. The van der Waals surface area contributed by atoms with Crippen molar-refractivity contribution in [2.24, 2.45) is 0 Å². The fraction of sp³-hybridized carbons (Fsp3) is 0.533. The van der Waals surface area contributed by atoms with Crippen molar-refractivity contribution < 1.29 is 9.84 Å². The first kappa shape index (κ1) is 16.0. The second-order valence-electron chi connectivity index (χ2n) is 5.73. The second-order valence-corrected chi connectivity index (χ2v) is 5.73. The lowest BCUT2D eigenvalue weighted by atomic mass is 10.1. The number of H-pyrrole nitrogens is 1. The van der Waals surface area contributed by atoms with Gasteiger partial charge in [-0.15, -0.1) is 0 Å². The van der Waals surface area contributed by atoms with Gasteiger partial charge in [-0.3, -0.25) is 10.1 Å². The molecule has 8 nitrogen and oxygen atoms in total. The molecule has 124 valence electrons. The fourth-order valence-electron chi connectivity index (χ4n) is 2.45. The summed E-state index contributed by atoms with van der Waals surface area (Å²) in [6, 6.07) is 3.78. The van der Waals surface area contributed by atoms with Crippen molar-refractivity contribution >= 4 is 0 Å². The Bertz CT molecular complexity index is 595. The Hall–Kier alpha value is -1.87. The van der Waals surface area contributed by atoms with Crippen LogP contribution in [0.1, 0.15) is 5.82 Å². The van der Waals surface area contributed by atoms with E-state index in [1.807, 2.05) is 12.1 Å². The standard InChI is InChI=1S/C15H22N6O2/c22-15(10-18-6-7-23-11-15)9-17-5-3-13-19-14(21-20-13)12-2-1-4-16-8-12/h1-2,4,8,17-18,22H,3,5-7,9-11H2,(H,19,20,21)/t15-/m1/s1. The molecule has 0 unspecified atom stereocenters. The van der Waals surface area contributed by atoms with Crippen LogP contribution in [0.15, 0.2) is 24.5 Å². The average molecular weight is 318 g/mol. The van der Waals surface area contributed by atoms with Crippen LogP contribution in [-0.2, 0) is 11.2 Å². The van der Waals surface area contributed by atoms with E-state index >= 15 is 0 Å². The molecule has 0 radical (unpaired) electrons. The zero-order valence-corrected chi connectivity index (χ0v) is 13.0. The van der Waals surface area contributed by atoms with E-state index in [1.54, 1.807) is 12.4 Å². The van der Waals surface area contributed by atoms with Crippen LogP contribution in [0.5, 0.6) is 0 Å². The van der Waals surface area contributed by atoms with E-state index in [1.165, 1.54) is 0 Å². The molecule has 0 spiro atoms. The summed E-state index contributed by atoms with van der Waals surface area (Å²) in [4.78, 5) is 8.51. The molecule has 3 heterocycles. The molecular weight excluding hydrogens is 296 g/mol. The number of hydrogen-bond acceptors (Lipinski definition) is 7. The lowest BCUT2D eigenvalue weighted by Crippen LogP contribution is -2.50. The van der Waals surface area contributed by atoms with Gasteiger partial charge in [0.05, 0.1) is 13.2 Å². The summed E-state index contributed by atoms with van der Waals surface area (Å²) in [5.41, 5.74) is 0.0256. The van der Waals surface area contributed by atoms with Crippen LogP contribution in [-0.4, -0.2) is 70.3 Å². The number of aliphatic hydroxyl groups is 1. The lowest BCUT2D eigenvalue weighted by Gasteiger charge is -2.26. The number of ether oxygens (including phenoxy) is 1. The van der Waals surface area contributed by atoms with E-state index in [-0.39, 0.29) is 0 Å². The predicted molar refractivity (Wildman–Crippen MR) is 84.8 cm³/mol. The van der Waals surface area contributed by atoms with Crippen molar-refractivity contribution in [2.45, 2.75) is 12.0 Å². The summed E-state index contributed by atoms with van der Waals surface area (Å²) in [6.45, 7) is 3.47. The molecule has 0 aliphatic carbocycles. The number of nitrogens with one attached hydrogen (secondary N) is 3. The van der Waals surface area contributed by atoms with Crippen LogP contribution < -0.4 is 10.6 Å². The van der Waals surface area contributed by atoms with Crippen molar-refractivity contribution in [1.82, 2.24) is 30.8 Å². The highest BCUT2D eigenvalue weighted by Crippen LogP contribution is 2.12. The average Bonchev–Trinajstić information content (AvgIpc) is 2.94. The van der Waals surface area contributed by atoms with E-state index in [0.29, 0.717) is 45.1 Å². The van der Waals surface area contributed by atoms with Gasteiger partial charge in [0.25, 0.3) is 0 Å². The number of nitrogens with zero attached hydrogens (tertiary/aromatic N) is 3. The monoisotopic (exact) mass is 318 g/mol. The highest BCUT2D eigenvalue weighted by Gasteiger charge is 2.28. The van der Waals surface area contributed by atoms with Gasteiger partial charge >= 0.3 is 0 Å². The van der Waals surface area contributed by atoms with Crippen molar-refractivity contribution in [2.75, 3.05) is 39.4 Å². The maximum absolute atomic E-state index is 10.4. The van der Waals surface area contributed by atoms with Crippen molar-refractivity contribution in [1.29, 1.82) is 0 Å². The first-order valence-corrected chi connectivity index (χ1v) is 7.78. The Balaban J connectivity index is 1.45. The van der Waals surface area contributed by atoms with Crippen LogP contribution in [0, 0.1) is 0 Å². The first-order valence-electron chi connectivity index (χ1n) is 7.78. The summed E-state index contributed by atoms with van der Waals surface area (Å²) >= 11 is 0. The summed E-state index contributed by atoms with van der Waals surface area (Å²) in [7, 11) is 0. The van der Waals surface area contributed by atoms with Gasteiger partial charge in [0.1, 0.15) is 11.4 Å².